The van der Waals surface area contributed by atoms with Gasteiger partial charge in [0.25, 0.3) is 0 Å². The second-order valence-electron chi connectivity index (χ2n) is 11.8. The molecule has 5 heteroatoms. The third-order valence-electron chi connectivity index (χ3n) is 10.2. The molecular formula is C30H34N2O3. The van der Waals surface area contributed by atoms with Gasteiger partial charge in [0.15, 0.2) is 0 Å². The van der Waals surface area contributed by atoms with Gasteiger partial charge in [-0.2, -0.15) is 0 Å². The summed E-state index contributed by atoms with van der Waals surface area (Å²) in [6.45, 7) is 2.51. The maximum Gasteiger partial charge on any atom is 0.243 e. The van der Waals surface area contributed by atoms with Gasteiger partial charge in [-0.25, -0.2) is 0 Å². The van der Waals surface area contributed by atoms with Crippen LogP contribution in [0.15, 0.2) is 60.0 Å². The number of carbonyl (C=O) groups excluding carboxylic acids is 1. The van der Waals surface area contributed by atoms with Crippen LogP contribution >= 0.6 is 0 Å². The number of hydrogen-bond acceptors (Lipinski definition) is 4. The Morgan fingerprint density at radius 2 is 2.11 bits per heavy atom. The van der Waals surface area contributed by atoms with Gasteiger partial charge >= 0.3 is 0 Å². The lowest BCUT2D eigenvalue weighted by Gasteiger charge is -2.54. The average Bonchev–Trinajstić information content (AvgIpc) is 3.37. The highest BCUT2D eigenvalue weighted by Gasteiger charge is 2.66. The number of ether oxygens (including phenoxy) is 2. The highest BCUT2D eigenvalue weighted by molar-refractivity contribution is 5.82. The van der Waals surface area contributed by atoms with Crippen molar-refractivity contribution < 1.29 is 14.3 Å². The molecule has 2 aliphatic heterocycles. The van der Waals surface area contributed by atoms with Crippen LogP contribution in [0.25, 0.3) is 10.8 Å². The Morgan fingerprint density at radius 1 is 1.20 bits per heavy atom. The van der Waals surface area contributed by atoms with Crippen molar-refractivity contribution in [1.29, 1.82) is 0 Å². The Morgan fingerprint density at radius 3 is 3.00 bits per heavy atom. The lowest BCUT2D eigenvalue weighted by Crippen LogP contribution is -2.54. The first-order chi connectivity index (χ1) is 16.9. The zero-order valence-corrected chi connectivity index (χ0v) is 20.5. The fraction of sp³-hybridized carbons (Fsp3) is 0.533. The van der Waals surface area contributed by atoms with E-state index in [1.54, 1.807) is 0 Å². The van der Waals surface area contributed by atoms with E-state index in [-0.39, 0.29) is 29.3 Å². The second-order valence-corrected chi connectivity index (χ2v) is 11.8. The molecule has 7 rings (SSSR count). The zero-order valence-electron chi connectivity index (χ0n) is 20.5. The maximum absolute atomic E-state index is 11.3. The summed E-state index contributed by atoms with van der Waals surface area (Å²) in [7, 11) is 0. The van der Waals surface area contributed by atoms with E-state index in [1.165, 1.54) is 40.3 Å². The number of amides is 1. The smallest absolute Gasteiger partial charge is 0.243 e. The summed E-state index contributed by atoms with van der Waals surface area (Å²) in [5.74, 6) is 0.632. The number of fused-ring (bicyclic) bond motifs is 2. The van der Waals surface area contributed by atoms with Gasteiger partial charge < -0.3 is 15.2 Å². The molecule has 5 nitrogen and oxygen atoms in total. The molecule has 3 heterocycles. The standard InChI is InChI=1S/C30H34N2O3/c1-28-10-8-23-15-22-4-5-24(34-18-27(31)33)16-29(22)11-12-30(23,35-29)26(28)7-6-25(28)20-3-2-19-9-13-32-17-21(19)14-20/h2-3,8-9,13-15,17,24-26H,4-7,10-12,16,18H2,1H3,(H2,31,33)/t24?,25-,26-,28-,29?,30-/m1/s1. The number of rotatable bonds is 4. The predicted octanol–water partition coefficient (Wildman–Crippen LogP) is 5.35. The van der Waals surface area contributed by atoms with Crippen LogP contribution in [0.4, 0.5) is 0 Å². The molecule has 0 radical (unpaired) electrons. The molecule has 1 saturated heterocycles. The van der Waals surface area contributed by atoms with Gasteiger partial charge in [0, 0.05) is 24.2 Å². The van der Waals surface area contributed by atoms with Crippen LogP contribution < -0.4 is 5.73 Å². The lowest BCUT2D eigenvalue weighted by molar-refractivity contribution is -0.152. The number of benzene rings is 1. The van der Waals surface area contributed by atoms with Crippen LogP contribution in [-0.4, -0.2) is 34.8 Å². The van der Waals surface area contributed by atoms with E-state index in [0.717, 1.165) is 38.5 Å². The Bertz CT molecular complexity index is 1280. The minimum atomic E-state index is -0.397. The number of carbonyl (C=O) groups is 1. The molecule has 2 bridgehead atoms. The topological polar surface area (TPSA) is 74.4 Å². The first-order valence-electron chi connectivity index (χ1n) is 13.3. The first kappa shape index (κ1) is 21.8. The number of aromatic nitrogens is 1. The third kappa shape index (κ3) is 3.07. The molecule has 6 atom stereocenters. The Balaban J connectivity index is 1.22. The predicted molar refractivity (Wildman–Crippen MR) is 135 cm³/mol. The minimum Gasteiger partial charge on any atom is -0.368 e. The van der Waals surface area contributed by atoms with Gasteiger partial charge in [-0.15, -0.1) is 0 Å². The molecule has 1 aromatic carbocycles. The summed E-state index contributed by atoms with van der Waals surface area (Å²) >= 11 is 0. The molecule has 3 fully saturated rings. The van der Waals surface area contributed by atoms with Crippen molar-refractivity contribution in [2.45, 2.75) is 81.5 Å². The van der Waals surface area contributed by atoms with Crippen molar-refractivity contribution in [3.63, 3.8) is 0 Å². The number of nitrogens with two attached hydrogens (primary N) is 1. The van der Waals surface area contributed by atoms with Crippen LogP contribution in [0.3, 0.4) is 0 Å². The van der Waals surface area contributed by atoms with E-state index in [0.29, 0.717) is 11.8 Å². The van der Waals surface area contributed by atoms with Crippen molar-refractivity contribution in [3.8, 4) is 0 Å². The van der Waals surface area contributed by atoms with E-state index in [9.17, 15) is 4.79 Å². The molecule has 2 N–H and O–H groups in total. The molecule has 2 aromatic rings. The number of pyridine rings is 1. The molecular weight excluding hydrogens is 436 g/mol. The van der Waals surface area contributed by atoms with E-state index in [1.807, 2.05) is 12.4 Å². The molecule has 2 unspecified atom stereocenters. The van der Waals surface area contributed by atoms with E-state index in [4.69, 9.17) is 15.2 Å². The fourth-order valence-electron chi connectivity index (χ4n) is 8.57. The van der Waals surface area contributed by atoms with Crippen molar-refractivity contribution >= 4 is 16.7 Å². The van der Waals surface area contributed by atoms with Gasteiger partial charge in [-0.05, 0) is 96.4 Å². The monoisotopic (exact) mass is 470 g/mol. The molecule has 1 aromatic heterocycles. The summed E-state index contributed by atoms with van der Waals surface area (Å²) in [6, 6.07) is 9.07. The molecule has 2 spiro atoms. The van der Waals surface area contributed by atoms with Gasteiger partial charge in [-0.1, -0.05) is 31.2 Å². The highest BCUT2D eigenvalue weighted by atomic mass is 16.5. The Kier molecular flexibility index (Phi) is 4.66. The fourth-order valence-corrected chi connectivity index (χ4v) is 8.57. The lowest BCUT2D eigenvalue weighted by atomic mass is 9.58. The summed E-state index contributed by atoms with van der Waals surface area (Å²) in [4.78, 5) is 15.7. The maximum atomic E-state index is 11.3. The minimum absolute atomic E-state index is 0.000254. The van der Waals surface area contributed by atoms with Crippen molar-refractivity contribution in [3.05, 3.63) is 65.5 Å². The summed E-state index contributed by atoms with van der Waals surface area (Å²) in [6.07, 6.45) is 17.3. The second kappa shape index (κ2) is 7.50. The molecule has 35 heavy (non-hydrogen) atoms. The molecule has 182 valence electrons. The van der Waals surface area contributed by atoms with Crippen LogP contribution in [0.1, 0.15) is 69.8 Å². The zero-order chi connectivity index (χ0) is 23.8. The Labute approximate surface area is 206 Å². The number of allylic oxidation sites excluding steroid dienone is 1. The van der Waals surface area contributed by atoms with Crippen LogP contribution in [0.5, 0.6) is 0 Å². The molecule has 3 aliphatic carbocycles. The number of primary amides is 1. The quantitative estimate of drug-likeness (QED) is 0.654. The highest BCUT2D eigenvalue weighted by Crippen LogP contribution is 2.69. The molecule has 5 aliphatic rings. The van der Waals surface area contributed by atoms with Crippen molar-refractivity contribution in [1.82, 2.24) is 4.98 Å². The van der Waals surface area contributed by atoms with E-state index >= 15 is 0 Å². The Hall–Kier alpha value is -2.50. The molecule has 1 amide bonds. The summed E-state index contributed by atoms with van der Waals surface area (Å²) < 4.78 is 13.2. The number of hydrogen-bond donors (Lipinski definition) is 1. The average molecular weight is 471 g/mol. The molecule has 2 saturated carbocycles. The largest absolute Gasteiger partial charge is 0.368 e. The van der Waals surface area contributed by atoms with Gasteiger partial charge in [-0.3, -0.25) is 9.78 Å². The van der Waals surface area contributed by atoms with Crippen LogP contribution in [0, 0.1) is 11.3 Å². The van der Waals surface area contributed by atoms with Crippen LogP contribution in [0.2, 0.25) is 0 Å². The third-order valence-corrected chi connectivity index (χ3v) is 10.2. The van der Waals surface area contributed by atoms with Gasteiger partial charge in [0.05, 0.1) is 17.3 Å². The first-order valence-corrected chi connectivity index (χ1v) is 13.3. The van der Waals surface area contributed by atoms with E-state index < -0.39 is 5.91 Å². The van der Waals surface area contributed by atoms with Crippen molar-refractivity contribution in [2.24, 2.45) is 17.1 Å². The summed E-state index contributed by atoms with van der Waals surface area (Å²) in [5, 5.41) is 2.48. The van der Waals surface area contributed by atoms with Gasteiger partial charge in [0.1, 0.15) is 6.61 Å². The normalized spacial score (nSPS) is 39.4. The SMILES string of the molecule is C[C@]12CC=C3C=C4CCC(OCC(N)=O)CC45CC[C@]3(O5)[C@@H]1CC[C@@H]2c1ccc2ccncc2c1. The van der Waals surface area contributed by atoms with Gasteiger partial charge in [0.2, 0.25) is 5.91 Å². The van der Waals surface area contributed by atoms with Crippen LogP contribution in [-0.2, 0) is 14.3 Å². The van der Waals surface area contributed by atoms with Crippen molar-refractivity contribution in [2.75, 3.05) is 6.61 Å². The number of nitrogens with zero attached hydrogens (tertiary/aromatic N) is 1. The van der Waals surface area contributed by atoms with E-state index in [2.05, 4.69) is 48.3 Å². The summed E-state index contributed by atoms with van der Waals surface area (Å²) in [5.41, 5.74) is 9.42.